The number of nitrogens with zero attached hydrogens (tertiary/aromatic N) is 1. The first-order chi connectivity index (χ1) is 5.18. The molecule has 0 aromatic rings. The normalized spacial score (nSPS) is 44.3. The largest absolute Gasteiger partial charge is 0.299 e. The highest BCUT2D eigenvalue weighted by Gasteiger charge is 2.35. The van der Waals surface area contributed by atoms with Gasteiger partial charge >= 0.3 is 0 Å². The minimum atomic E-state index is 0.745. The average molecular weight is 151 g/mol. The maximum Gasteiger partial charge on any atom is 0.0280 e. The van der Waals surface area contributed by atoms with Crippen molar-refractivity contribution in [1.29, 1.82) is 0 Å². The van der Waals surface area contributed by atoms with Crippen LogP contribution in [0.1, 0.15) is 20.3 Å². The van der Waals surface area contributed by atoms with Gasteiger partial charge in [0.1, 0.15) is 0 Å². The maximum atomic E-state index is 2.48. The van der Waals surface area contributed by atoms with Crippen LogP contribution in [0.25, 0.3) is 0 Å². The minimum absolute atomic E-state index is 0.745. The Hall–Kier alpha value is -0.300. The molecular formula is C10H17N. The average Bonchev–Trinajstić information content (AvgIpc) is 1.93. The Bertz CT molecular complexity index is 195. The van der Waals surface area contributed by atoms with E-state index in [-0.39, 0.29) is 0 Å². The smallest absolute Gasteiger partial charge is 0.0280 e. The molecule has 2 heterocycles. The highest BCUT2D eigenvalue weighted by Crippen LogP contribution is 2.37. The van der Waals surface area contributed by atoms with Gasteiger partial charge in [-0.2, -0.15) is 0 Å². The van der Waals surface area contributed by atoms with Crippen LogP contribution in [-0.2, 0) is 0 Å². The molecule has 0 aromatic heterocycles. The first kappa shape index (κ1) is 7.35. The molecule has 1 aliphatic carbocycles. The SMILES string of the molecule is CC1=CC2CC(C)C1CN2C. The van der Waals surface area contributed by atoms with Gasteiger partial charge in [0.15, 0.2) is 0 Å². The molecule has 11 heavy (non-hydrogen) atoms. The highest BCUT2D eigenvalue weighted by molar-refractivity contribution is 5.18. The standard InChI is InChI=1S/C10H17N/c1-7-4-9-5-8(2)10(7)6-11(9)3/h4,8-10H,5-6H2,1-3H3. The van der Waals surface area contributed by atoms with Crippen LogP contribution in [0.2, 0.25) is 0 Å². The Morgan fingerprint density at radius 2 is 2.27 bits per heavy atom. The molecule has 3 atom stereocenters. The zero-order valence-electron chi connectivity index (χ0n) is 7.67. The number of fused-ring (bicyclic) bond motifs is 2. The lowest BCUT2D eigenvalue weighted by Gasteiger charge is -2.45. The monoisotopic (exact) mass is 151 g/mol. The van der Waals surface area contributed by atoms with Crippen LogP contribution >= 0.6 is 0 Å². The lowest BCUT2D eigenvalue weighted by atomic mass is 9.74. The van der Waals surface area contributed by atoms with E-state index in [1.807, 2.05) is 0 Å². The Morgan fingerprint density at radius 1 is 1.55 bits per heavy atom. The van der Waals surface area contributed by atoms with Crippen LogP contribution in [0.15, 0.2) is 11.6 Å². The number of hydrogen-bond donors (Lipinski definition) is 0. The van der Waals surface area contributed by atoms with E-state index in [9.17, 15) is 0 Å². The van der Waals surface area contributed by atoms with Crippen LogP contribution in [0.4, 0.5) is 0 Å². The van der Waals surface area contributed by atoms with E-state index in [1.54, 1.807) is 5.57 Å². The molecule has 3 aliphatic rings. The van der Waals surface area contributed by atoms with Gasteiger partial charge in [-0.1, -0.05) is 18.6 Å². The van der Waals surface area contributed by atoms with Gasteiger partial charge in [0.05, 0.1) is 0 Å². The minimum Gasteiger partial charge on any atom is -0.299 e. The molecule has 1 saturated heterocycles. The molecule has 0 N–H and O–H groups in total. The van der Waals surface area contributed by atoms with Gasteiger partial charge in [-0.25, -0.2) is 0 Å². The molecule has 2 aliphatic heterocycles. The second kappa shape index (κ2) is 2.34. The van der Waals surface area contributed by atoms with Gasteiger partial charge in [0, 0.05) is 12.6 Å². The van der Waals surface area contributed by atoms with E-state index >= 15 is 0 Å². The lowest BCUT2D eigenvalue weighted by Crippen LogP contribution is -2.47. The Balaban J connectivity index is 2.27. The van der Waals surface area contributed by atoms with Crippen molar-refractivity contribution >= 4 is 0 Å². The summed E-state index contributed by atoms with van der Waals surface area (Å²) in [5.74, 6) is 1.77. The van der Waals surface area contributed by atoms with E-state index in [4.69, 9.17) is 0 Å². The van der Waals surface area contributed by atoms with E-state index < -0.39 is 0 Å². The van der Waals surface area contributed by atoms with Gasteiger partial charge < -0.3 is 0 Å². The molecule has 2 bridgehead atoms. The van der Waals surface area contributed by atoms with Crippen molar-refractivity contribution in [3.63, 3.8) is 0 Å². The fourth-order valence-corrected chi connectivity index (χ4v) is 2.57. The molecule has 1 heteroatoms. The molecular weight excluding hydrogens is 134 g/mol. The predicted octanol–water partition coefficient (Wildman–Crippen LogP) is 1.90. The van der Waals surface area contributed by atoms with E-state index in [0.717, 1.165) is 17.9 Å². The topological polar surface area (TPSA) is 3.24 Å². The molecule has 0 saturated carbocycles. The zero-order valence-corrected chi connectivity index (χ0v) is 7.67. The van der Waals surface area contributed by atoms with E-state index in [2.05, 4.69) is 31.9 Å². The van der Waals surface area contributed by atoms with Crippen molar-refractivity contribution < 1.29 is 0 Å². The van der Waals surface area contributed by atoms with Gasteiger partial charge in [-0.3, -0.25) is 4.90 Å². The van der Waals surface area contributed by atoms with Crippen molar-refractivity contribution in [2.24, 2.45) is 11.8 Å². The fraction of sp³-hybridized carbons (Fsp3) is 0.800. The summed E-state index contributed by atoms with van der Waals surface area (Å²) in [5.41, 5.74) is 1.63. The van der Waals surface area contributed by atoms with Crippen molar-refractivity contribution in [1.82, 2.24) is 4.90 Å². The molecule has 62 valence electrons. The molecule has 0 spiro atoms. The molecule has 0 amide bonds. The summed E-state index contributed by atoms with van der Waals surface area (Å²) in [6.07, 6.45) is 3.83. The second-order valence-electron chi connectivity index (χ2n) is 4.24. The number of piperidine rings is 1. The molecule has 0 aromatic carbocycles. The predicted molar refractivity (Wildman–Crippen MR) is 47.4 cm³/mol. The summed E-state index contributed by atoms with van der Waals surface area (Å²) < 4.78 is 0. The van der Waals surface area contributed by atoms with Crippen LogP contribution in [0, 0.1) is 11.8 Å². The van der Waals surface area contributed by atoms with E-state index in [1.165, 1.54) is 13.0 Å². The lowest BCUT2D eigenvalue weighted by molar-refractivity contribution is 0.116. The third kappa shape index (κ3) is 1.02. The third-order valence-corrected chi connectivity index (χ3v) is 3.39. The summed E-state index contributed by atoms with van der Waals surface area (Å²) in [6, 6.07) is 0.745. The fourth-order valence-electron chi connectivity index (χ4n) is 2.57. The maximum absolute atomic E-state index is 2.48. The first-order valence-electron chi connectivity index (χ1n) is 4.57. The quantitative estimate of drug-likeness (QED) is 0.478. The molecule has 1 fully saturated rings. The van der Waals surface area contributed by atoms with Gasteiger partial charge in [0.2, 0.25) is 0 Å². The summed E-state index contributed by atoms with van der Waals surface area (Å²) >= 11 is 0. The molecule has 1 nitrogen and oxygen atoms in total. The van der Waals surface area contributed by atoms with Crippen molar-refractivity contribution in [2.75, 3.05) is 13.6 Å². The van der Waals surface area contributed by atoms with Crippen molar-refractivity contribution in [3.05, 3.63) is 11.6 Å². The van der Waals surface area contributed by atoms with Gasteiger partial charge in [0.25, 0.3) is 0 Å². The number of likely N-dealkylation sites (N-methyl/N-ethyl adjacent to an activating group) is 1. The molecule has 3 unspecified atom stereocenters. The Kier molecular flexibility index (Phi) is 1.57. The number of rotatable bonds is 0. The first-order valence-corrected chi connectivity index (χ1v) is 4.57. The molecule has 3 rings (SSSR count). The summed E-state index contributed by atoms with van der Waals surface area (Å²) in [5, 5.41) is 0. The van der Waals surface area contributed by atoms with Crippen LogP contribution < -0.4 is 0 Å². The van der Waals surface area contributed by atoms with Crippen LogP contribution in [0.5, 0.6) is 0 Å². The van der Waals surface area contributed by atoms with Crippen LogP contribution in [0.3, 0.4) is 0 Å². The summed E-state index contributed by atoms with van der Waals surface area (Å²) in [4.78, 5) is 2.48. The Morgan fingerprint density at radius 3 is 2.73 bits per heavy atom. The van der Waals surface area contributed by atoms with Gasteiger partial charge in [-0.05, 0) is 32.2 Å². The van der Waals surface area contributed by atoms with E-state index in [0.29, 0.717) is 0 Å². The molecule has 0 radical (unpaired) electrons. The van der Waals surface area contributed by atoms with Gasteiger partial charge in [-0.15, -0.1) is 0 Å². The summed E-state index contributed by atoms with van der Waals surface area (Å²) in [6.45, 7) is 5.97. The second-order valence-corrected chi connectivity index (χ2v) is 4.24. The van der Waals surface area contributed by atoms with Crippen LogP contribution in [-0.4, -0.2) is 24.5 Å². The van der Waals surface area contributed by atoms with Crippen molar-refractivity contribution in [2.45, 2.75) is 26.3 Å². The third-order valence-electron chi connectivity index (χ3n) is 3.39. The van der Waals surface area contributed by atoms with Crippen molar-refractivity contribution in [3.8, 4) is 0 Å². The number of hydrogen-bond acceptors (Lipinski definition) is 1. The highest BCUT2D eigenvalue weighted by atomic mass is 15.1. The summed E-state index contributed by atoms with van der Waals surface area (Å²) in [7, 11) is 2.24. The Labute approximate surface area is 69.1 Å². The zero-order chi connectivity index (χ0) is 8.01.